The van der Waals surface area contributed by atoms with Gasteiger partial charge in [-0.3, -0.25) is 4.79 Å². The Morgan fingerprint density at radius 2 is 2.20 bits per heavy atom. The third kappa shape index (κ3) is 3.35. The summed E-state index contributed by atoms with van der Waals surface area (Å²) in [7, 11) is 0. The molecule has 2 aromatic rings. The highest BCUT2D eigenvalue weighted by Gasteiger charge is 2.12. The van der Waals surface area contributed by atoms with Crippen molar-refractivity contribution < 1.29 is 14.3 Å². The molecule has 0 amide bonds. The summed E-state index contributed by atoms with van der Waals surface area (Å²) >= 11 is 0. The molecular formula is C15H19FN2O2. The minimum atomic E-state index is -0.803. The Balaban J connectivity index is 2.32. The molecule has 2 rings (SSSR count). The molecule has 0 unspecified atom stereocenters. The number of halogens is 1. The number of hydrogen-bond donors (Lipinski definition) is 1. The van der Waals surface area contributed by atoms with Gasteiger partial charge >= 0.3 is 5.97 Å². The number of fused-ring (bicyclic) bond motifs is 1. The number of hydrogen-bond acceptors (Lipinski definition) is 2. The number of carbonyl (C=O) groups is 1. The average molecular weight is 278 g/mol. The van der Waals surface area contributed by atoms with Crippen LogP contribution in [0.4, 0.5) is 4.39 Å². The fourth-order valence-corrected chi connectivity index (χ4v) is 2.31. The topological polar surface area (TPSA) is 55.1 Å². The number of aliphatic carboxylic acids is 1. The lowest BCUT2D eigenvalue weighted by atomic mass is 10.2. The van der Waals surface area contributed by atoms with Crippen molar-refractivity contribution >= 4 is 17.0 Å². The summed E-state index contributed by atoms with van der Waals surface area (Å²) in [4.78, 5) is 15.0. The first kappa shape index (κ1) is 14.5. The highest BCUT2D eigenvalue weighted by Crippen LogP contribution is 2.20. The zero-order chi connectivity index (χ0) is 14.7. The number of nitrogens with zero attached hydrogens (tertiary/aromatic N) is 2. The van der Waals surface area contributed by atoms with Crippen molar-refractivity contribution in [1.29, 1.82) is 0 Å². The predicted octanol–water partition coefficient (Wildman–Crippen LogP) is 3.24. The first-order valence-corrected chi connectivity index (χ1v) is 6.84. The third-order valence-corrected chi connectivity index (χ3v) is 3.13. The zero-order valence-electron chi connectivity index (χ0n) is 11.8. The highest BCUT2D eigenvalue weighted by molar-refractivity contribution is 5.76. The molecule has 0 spiro atoms. The van der Waals surface area contributed by atoms with E-state index >= 15 is 0 Å². The molecule has 0 aliphatic rings. The average Bonchev–Trinajstić information content (AvgIpc) is 2.65. The van der Waals surface area contributed by atoms with Crippen LogP contribution in [0.15, 0.2) is 18.2 Å². The van der Waals surface area contributed by atoms with Crippen molar-refractivity contribution in [3.05, 3.63) is 29.8 Å². The van der Waals surface area contributed by atoms with Gasteiger partial charge in [0.25, 0.3) is 0 Å². The predicted molar refractivity (Wildman–Crippen MR) is 75.1 cm³/mol. The molecule has 1 aromatic carbocycles. The molecule has 0 atom stereocenters. The number of aryl methyl sites for hydroxylation is 1. The lowest BCUT2D eigenvalue weighted by Gasteiger charge is -2.11. The van der Waals surface area contributed by atoms with Gasteiger partial charge in [0.15, 0.2) is 0 Å². The van der Waals surface area contributed by atoms with E-state index in [9.17, 15) is 9.18 Å². The van der Waals surface area contributed by atoms with Crippen LogP contribution in [-0.4, -0.2) is 20.6 Å². The van der Waals surface area contributed by atoms with Crippen LogP contribution in [0.25, 0.3) is 11.0 Å². The van der Waals surface area contributed by atoms with Crippen molar-refractivity contribution in [2.75, 3.05) is 0 Å². The Morgan fingerprint density at radius 3 is 2.85 bits per heavy atom. The first-order chi connectivity index (χ1) is 9.47. The summed E-state index contributed by atoms with van der Waals surface area (Å²) in [6, 6.07) is 4.59. The smallest absolute Gasteiger partial charge is 0.303 e. The van der Waals surface area contributed by atoms with Crippen molar-refractivity contribution in [2.24, 2.45) is 5.92 Å². The quantitative estimate of drug-likeness (QED) is 0.882. The molecular weight excluding hydrogens is 259 g/mol. The molecule has 1 N–H and O–H groups in total. The van der Waals surface area contributed by atoms with Crippen molar-refractivity contribution in [3.8, 4) is 0 Å². The molecule has 0 saturated carbocycles. The summed E-state index contributed by atoms with van der Waals surface area (Å²) in [5.41, 5.74) is 1.54. The number of imidazole rings is 1. The van der Waals surface area contributed by atoms with Crippen LogP contribution in [0, 0.1) is 11.7 Å². The summed E-state index contributed by atoms with van der Waals surface area (Å²) in [6.45, 7) is 5.01. The van der Waals surface area contributed by atoms with E-state index in [1.165, 1.54) is 12.1 Å². The Hall–Kier alpha value is -1.91. The highest BCUT2D eigenvalue weighted by atomic mass is 19.1. The fourth-order valence-electron chi connectivity index (χ4n) is 2.31. The van der Waals surface area contributed by atoms with E-state index < -0.39 is 5.97 Å². The Bertz CT molecular complexity index is 620. The van der Waals surface area contributed by atoms with Crippen LogP contribution in [-0.2, 0) is 17.8 Å². The van der Waals surface area contributed by atoms with Crippen LogP contribution in [0.3, 0.4) is 0 Å². The van der Waals surface area contributed by atoms with Gasteiger partial charge in [0.05, 0.1) is 11.0 Å². The van der Waals surface area contributed by atoms with Gasteiger partial charge in [0.1, 0.15) is 11.6 Å². The molecule has 4 nitrogen and oxygen atoms in total. The van der Waals surface area contributed by atoms with Crippen molar-refractivity contribution in [2.45, 2.75) is 39.7 Å². The van der Waals surface area contributed by atoms with Crippen LogP contribution < -0.4 is 0 Å². The summed E-state index contributed by atoms with van der Waals surface area (Å²) in [5.74, 6) is 0.169. The lowest BCUT2D eigenvalue weighted by Crippen LogP contribution is -2.09. The zero-order valence-corrected chi connectivity index (χ0v) is 11.8. The summed E-state index contributed by atoms with van der Waals surface area (Å²) in [6.07, 6.45) is 1.26. The number of rotatable bonds is 6. The molecule has 0 fully saturated rings. The minimum absolute atomic E-state index is 0.124. The molecule has 108 valence electrons. The number of aromatic nitrogens is 2. The van der Waals surface area contributed by atoms with Crippen molar-refractivity contribution in [1.82, 2.24) is 9.55 Å². The molecule has 0 saturated heterocycles. The van der Waals surface area contributed by atoms with Crippen molar-refractivity contribution in [3.63, 3.8) is 0 Å². The second-order valence-corrected chi connectivity index (χ2v) is 5.41. The number of benzene rings is 1. The normalized spacial score (nSPS) is 11.4. The van der Waals surface area contributed by atoms with E-state index in [-0.39, 0.29) is 12.2 Å². The van der Waals surface area contributed by atoms with Gasteiger partial charge in [-0.05, 0) is 24.5 Å². The van der Waals surface area contributed by atoms with Gasteiger partial charge < -0.3 is 9.67 Å². The maximum Gasteiger partial charge on any atom is 0.303 e. The minimum Gasteiger partial charge on any atom is -0.481 e. The monoisotopic (exact) mass is 278 g/mol. The Morgan fingerprint density at radius 1 is 1.45 bits per heavy atom. The number of carboxylic acids is 1. The molecule has 0 aliphatic heterocycles. The van der Waals surface area contributed by atoms with Gasteiger partial charge in [0, 0.05) is 25.5 Å². The van der Waals surface area contributed by atoms with E-state index in [4.69, 9.17) is 5.11 Å². The summed E-state index contributed by atoms with van der Waals surface area (Å²) < 4.78 is 15.3. The van der Waals surface area contributed by atoms with E-state index in [0.29, 0.717) is 24.3 Å². The third-order valence-electron chi connectivity index (χ3n) is 3.13. The largest absolute Gasteiger partial charge is 0.481 e. The van der Waals surface area contributed by atoms with Gasteiger partial charge in [-0.2, -0.15) is 0 Å². The van der Waals surface area contributed by atoms with Crippen LogP contribution in [0.2, 0.25) is 0 Å². The fraction of sp³-hybridized carbons (Fsp3) is 0.467. The van der Waals surface area contributed by atoms with E-state index in [1.807, 2.05) is 0 Å². The first-order valence-electron chi connectivity index (χ1n) is 6.84. The standard InChI is InChI=1S/C15H19FN2O2/c1-10(2)9-18-13-7-6-11(16)8-12(13)17-14(18)4-3-5-15(19)20/h6-8,10H,3-5,9H2,1-2H3,(H,19,20). The van der Waals surface area contributed by atoms with Gasteiger partial charge in [-0.25, -0.2) is 9.37 Å². The summed E-state index contributed by atoms with van der Waals surface area (Å²) in [5, 5.41) is 8.71. The molecule has 0 bridgehead atoms. The van der Waals surface area contributed by atoms with Gasteiger partial charge in [-0.15, -0.1) is 0 Å². The molecule has 1 heterocycles. The van der Waals surface area contributed by atoms with Gasteiger partial charge in [-0.1, -0.05) is 13.8 Å². The van der Waals surface area contributed by atoms with Crippen LogP contribution in [0.5, 0.6) is 0 Å². The van der Waals surface area contributed by atoms with Crippen LogP contribution in [0.1, 0.15) is 32.5 Å². The van der Waals surface area contributed by atoms with Gasteiger partial charge in [0.2, 0.25) is 0 Å². The molecule has 5 heteroatoms. The SMILES string of the molecule is CC(C)Cn1c(CCCC(=O)O)nc2cc(F)ccc21. The molecule has 0 aliphatic carbocycles. The van der Waals surface area contributed by atoms with E-state index in [0.717, 1.165) is 17.9 Å². The molecule has 0 radical (unpaired) electrons. The Kier molecular flexibility index (Phi) is 4.37. The van der Waals surface area contributed by atoms with E-state index in [2.05, 4.69) is 23.4 Å². The molecule has 1 aromatic heterocycles. The lowest BCUT2D eigenvalue weighted by molar-refractivity contribution is -0.137. The molecule has 20 heavy (non-hydrogen) atoms. The van der Waals surface area contributed by atoms with Crippen LogP contribution >= 0.6 is 0 Å². The maximum absolute atomic E-state index is 13.3. The Labute approximate surface area is 117 Å². The maximum atomic E-state index is 13.3. The number of carboxylic acid groups (broad SMARTS) is 1. The van der Waals surface area contributed by atoms with E-state index in [1.54, 1.807) is 6.07 Å². The second-order valence-electron chi connectivity index (χ2n) is 5.41. The second kappa shape index (κ2) is 6.03.